The van der Waals surface area contributed by atoms with E-state index >= 15 is 0 Å². The van der Waals surface area contributed by atoms with Crippen LogP contribution in [0.15, 0.2) is 6.07 Å². The van der Waals surface area contributed by atoms with Crippen LogP contribution in [0.5, 0.6) is 11.8 Å². The molecular formula is C10H18N4O4S. The topological polar surface area (TPSA) is 102 Å². The number of aromatic nitrogens is 2. The summed E-state index contributed by atoms with van der Waals surface area (Å²) in [4.78, 5) is 8.17. The fraction of sp³-hybridized carbons (Fsp3) is 0.600. The molecule has 1 heterocycles. The number of hydrogen-bond donors (Lipinski definition) is 2. The second-order valence-corrected chi connectivity index (χ2v) is 5.56. The van der Waals surface area contributed by atoms with E-state index in [-0.39, 0.29) is 0 Å². The predicted molar refractivity (Wildman–Crippen MR) is 71.1 cm³/mol. The molecule has 0 aromatic carbocycles. The van der Waals surface area contributed by atoms with Gasteiger partial charge in [0.2, 0.25) is 27.7 Å². The van der Waals surface area contributed by atoms with Crippen LogP contribution in [0.4, 0.5) is 5.95 Å². The van der Waals surface area contributed by atoms with Crippen molar-refractivity contribution in [2.75, 3.05) is 38.9 Å². The minimum absolute atomic E-state index is 0.354. The molecule has 1 rings (SSSR count). The van der Waals surface area contributed by atoms with E-state index in [4.69, 9.17) is 9.47 Å². The average molecular weight is 290 g/mol. The van der Waals surface area contributed by atoms with Crippen LogP contribution in [0.2, 0.25) is 0 Å². The number of hydrogen-bond acceptors (Lipinski definition) is 7. The Morgan fingerprint density at radius 3 is 2.21 bits per heavy atom. The highest BCUT2D eigenvalue weighted by atomic mass is 32.2. The van der Waals surface area contributed by atoms with Gasteiger partial charge in [0, 0.05) is 13.1 Å². The maximum Gasteiger partial charge on any atom is 0.229 e. The quantitative estimate of drug-likeness (QED) is 0.641. The standard InChI is InChI=1S/C10H18N4O4S/c1-17-8-7-9(18-2)14-10(13-8)11-5-4-6-12-19(3,15)16/h7,12H,4-6H2,1-3H3,(H,11,13,14). The molecule has 0 atom stereocenters. The Kier molecular flexibility index (Phi) is 5.77. The Labute approximate surface area is 112 Å². The number of anilines is 1. The highest BCUT2D eigenvalue weighted by molar-refractivity contribution is 7.88. The zero-order valence-corrected chi connectivity index (χ0v) is 12.0. The summed E-state index contributed by atoms with van der Waals surface area (Å²) < 4.78 is 34.1. The van der Waals surface area contributed by atoms with E-state index in [0.717, 1.165) is 6.26 Å². The zero-order chi connectivity index (χ0) is 14.3. The van der Waals surface area contributed by atoms with E-state index in [9.17, 15) is 8.42 Å². The summed E-state index contributed by atoms with van der Waals surface area (Å²) in [6.45, 7) is 0.881. The molecule has 0 aliphatic heterocycles. The third-order valence-corrected chi connectivity index (χ3v) is 2.83. The van der Waals surface area contributed by atoms with Crippen LogP contribution < -0.4 is 19.5 Å². The van der Waals surface area contributed by atoms with Gasteiger partial charge in [0.05, 0.1) is 26.5 Å². The first-order valence-corrected chi connectivity index (χ1v) is 7.49. The SMILES string of the molecule is COc1cc(OC)nc(NCCCNS(C)(=O)=O)n1. The third-order valence-electron chi connectivity index (χ3n) is 2.10. The molecular weight excluding hydrogens is 272 g/mol. The Morgan fingerprint density at radius 1 is 1.16 bits per heavy atom. The van der Waals surface area contributed by atoms with Crippen LogP contribution in [0.3, 0.4) is 0 Å². The number of rotatable bonds is 8. The number of sulfonamides is 1. The molecule has 0 fully saturated rings. The van der Waals surface area contributed by atoms with Crippen LogP contribution in [0.25, 0.3) is 0 Å². The molecule has 8 nitrogen and oxygen atoms in total. The lowest BCUT2D eigenvalue weighted by atomic mass is 10.4. The van der Waals surface area contributed by atoms with Crippen molar-refractivity contribution in [1.29, 1.82) is 0 Å². The fourth-order valence-corrected chi connectivity index (χ4v) is 1.75. The minimum Gasteiger partial charge on any atom is -0.481 e. The molecule has 0 amide bonds. The smallest absolute Gasteiger partial charge is 0.229 e. The van der Waals surface area contributed by atoms with Crippen molar-refractivity contribution in [2.24, 2.45) is 0 Å². The molecule has 1 aromatic rings. The van der Waals surface area contributed by atoms with Gasteiger partial charge in [-0.05, 0) is 6.42 Å². The van der Waals surface area contributed by atoms with Gasteiger partial charge in [-0.15, -0.1) is 0 Å². The second-order valence-electron chi connectivity index (χ2n) is 3.72. The van der Waals surface area contributed by atoms with Gasteiger partial charge in [-0.3, -0.25) is 0 Å². The van der Waals surface area contributed by atoms with Crippen LogP contribution >= 0.6 is 0 Å². The maximum atomic E-state index is 10.8. The first-order chi connectivity index (χ1) is 8.94. The summed E-state index contributed by atoms with van der Waals surface area (Å²) in [5.41, 5.74) is 0. The lowest BCUT2D eigenvalue weighted by Crippen LogP contribution is -2.24. The lowest BCUT2D eigenvalue weighted by molar-refractivity contribution is 0.373. The van der Waals surface area contributed by atoms with Gasteiger partial charge in [0.25, 0.3) is 0 Å². The van der Waals surface area contributed by atoms with E-state index in [0.29, 0.717) is 37.2 Å². The molecule has 0 aliphatic carbocycles. The van der Waals surface area contributed by atoms with Gasteiger partial charge >= 0.3 is 0 Å². The van der Waals surface area contributed by atoms with Crippen molar-refractivity contribution in [3.63, 3.8) is 0 Å². The summed E-state index contributed by atoms with van der Waals surface area (Å²) in [7, 11) is -0.136. The number of nitrogens with one attached hydrogen (secondary N) is 2. The van der Waals surface area contributed by atoms with E-state index in [1.807, 2.05) is 0 Å². The van der Waals surface area contributed by atoms with Gasteiger partial charge in [0.1, 0.15) is 0 Å². The number of ether oxygens (including phenoxy) is 2. The van der Waals surface area contributed by atoms with Crippen molar-refractivity contribution in [1.82, 2.24) is 14.7 Å². The third kappa shape index (κ3) is 6.20. The molecule has 9 heteroatoms. The molecule has 108 valence electrons. The van der Waals surface area contributed by atoms with Crippen molar-refractivity contribution in [3.8, 4) is 11.8 Å². The van der Waals surface area contributed by atoms with Gasteiger partial charge in [-0.25, -0.2) is 13.1 Å². The van der Waals surface area contributed by atoms with Crippen molar-refractivity contribution < 1.29 is 17.9 Å². The van der Waals surface area contributed by atoms with Crippen LogP contribution in [0, 0.1) is 0 Å². The molecule has 0 saturated heterocycles. The molecule has 0 saturated carbocycles. The molecule has 1 aromatic heterocycles. The largest absolute Gasteiger partial charge is 0.481 e. The Morgan fingerprint density at radius 2 is 1.74 bits per heavy atom. The second kappa shape index (κ2) is 7.10. The van der Waals surface area contributed by atoms with E-state index < -0.39 is 10.0 Å². The van der Waals surface area contributed by atoms with Gasteiger partial charge in [-0.1, -0.05) is 0 Å². The molecule has 0 radical (unpaired) electrons. The Balaban J connectivity index is 2.44. The molecule has 2 N–H and O–H groups in total. The molecule has 19 heavy (non-hydrogen) atoms. The monoisotopic (exact) mass is 290 g/mol. The van der Waals surface area contributed by atoms with Crippen LogP contribution in [-0.4, -0.2) is 52.0 Å². The minimum atomic E-state index is -3.14. The molecule has 0 aliphatic rings. The van der Waals surface area contributed by atoms with Crippen molar-refractivity contribution in [2.45, 2.75) is 6.42 Å². The number of methoxy groups -OCH3 is 2. The van der Waals surface area contributed by atoms with E-state index in [2.05, 4.69) is 20.0 Å². The number of nitrogens with zero attached hydrogens (tertiary/aromatic N) is 2. The van der Waals surface area contributed by atoms with Gasteiger partial charge in [0.15, 0.2) is 0 Å². The van der Waals surface area contributed by atoms with Gasteiger partial charge in [-0.2, -0.15) is 9.97 Å². The van der Waals surface area contributed by atoms with E-state index in [1.54, 1.807) is 6.07 Å². The Bertz CT molecular complexity index is 484. The van der Waals surface area contributed by atoms with E-state index in [1.165, 1.54) is 14.2 Å². The van der Waals surface area contributed by atoms with Crippen molar-refractivity contribution >= 4 is 16.0 Å². The zero-order valence-electron chi connectivity index (χ0n) is 11.1. The highest BCUT2D eigenvalue weighted by Gasteiger charge is 2.05. The average Bonchev–Trinajstić information content (AvgIpc) is 2.36. The summed E-state index contributed by atoms with van der Waals surface area (Å²) in [5.74, 6) is 1.16. The van der Waals surface area contributed by atoms with Crippen LogP contribution in [-0.2, 0) is 10.0 Å². The summed E-state index contributed by atoms with van der Waals surface area (Å²) in [6.07, 6.45) is 1.73. The van der Waals surface area contributed by atoms with Gasteiger partial charge < -0.3 is 14.8 Å². The molecule has 0 bridgehead atoms. The summed E-state index contributed by atoms with van der Waals surface area (Å²) in [5, 5.41) is 2.96. The van der Waals surface area contributed by atoms with Crippen LogP contribution in [0.1, 0.15) is 6.42 Å². The lowest BCUT2D eigenvalue weighted by Gasteiger charge is -2.08. The Hall–Kier alpha value is -1.61. The highest BCUT2D eigenvalue weighted by Crippen LogP contribution is 2.16. The van der Waals surface area contributed by atoms with Crippen molar-refractivity contribution in [3.05, 3.63) is 6.07 Å². The predicted octanol–water partition coefficient (Wildman–Crippen LogP) is -0.155. The summed E-state index contributed by atoms with van der Waals surface area (Å²) >= 11 is 0. The fourth-order valence-electron chi connectivity index (χ4n) is 1.24. The normalized spacial score (nSPS) is 11.1. The summed E-state index contributed by atoms with van der Waals surface area (Å²) in [6, 6.07) is 1.57. The molecule has 0 unspecified atom stereocenters. The first kappa shape index (κ1) is 15.4. The maximum absolute atomic E-state index is 10.8. The molecule has 0 spiro atoms. The first-order valence-electron chi connectivity index (χ1n) is 5.60.